The lowest BCUT2D eigenvalue weighted by Crippen LogP contribution is -2.41. The third-order valence-corrected chi connectivity index (χ3v) is 14.6. The molecule has 5 saturated carbocycles. The molecule has 2 heteroatoms. The molecular formula is C44H78N2. The van der Waals surface area contributed by atoms with Crippen LogP contribution in [0.2, 0.25) is 0 Å². The molecule has 264 valence electrons. The molecule has 0 radical (unpaired) electrons. The second kappa shape index (κ2) is 18.4. The predicted octanol–water partition coefficient (Wildman–Crippen LogP) is 12.1. The summed E-state index contributed by atoms with van der Waals surface area (Å²) in [5, 5.41) is 0. The van der Waals surface area contributed by atoms with Crippen LogP contribution in [0.5, 0.6) is 0 Å². The number of hydrogen-bond acceptors (Lipinski definition) is 2. The van der Waals surface area contributed by atoms with E-state index in [9.17, 15) is 0 Å². The SMILES string of the molecule is CCN(CC)C1CCC(/C(=C\C2CCC(/C=C(\C3CCCCC3)C3CCC(N(CC)CC)CC3C)CC2)C2CCCCC2)C(C)C1. The fraction of sp³-hybridized carbons (Fsp3) is 0.909. The number of hydrogen-bond donors (Lipinski definition) is 0. The molecule has 0 aliphatic heterocycles. The van der Waals surface area contributed by atoms with Crippen LogP contribution in [-0.4, -0.2) is 48.1 Å². The van der Waals surface area contributed by atoms with Gasteiger partial charge in [-0.2, -0.15) is 0 Å². The van der Waals surface area contributed by atoms with Crippen molar-refractivity contribution in [3.8, 4) is 0 Å². The van der Waals surface area contributed by atoms with Gasteiger partial charge in [-0.05, 0) is 163 Å². The fourth-order valence-corrected chi connectivity index (χ4v) is 11.9. The Bertz CT molecular complexity index is 846. The topological polar surface area (TPSA) is 6.48 Å². The maximum absolute atomic E-state index is 2.95. The van der Waals surface area contributed by atoms with Crippen LogP contribution >= 0.6 is 0 Å². The van der Waals surface area contributed by atoms with E-state index in [1.54, 1.807) is 0 Å². The molecule has 0 N–H and O–H groups in total. The van der Waals surface area contributed by atoms with Crippen molar-refractivity contribution in [1.82, 2.24) is 9.80 Å². The molecule has 6 unspecified atom stereocenters. The quantitative estimate of drug-likeness (QED) is 0.197. The molecule has 0 bridgehead atoms. The first-order valence-electron chi connectivity index (χ1n) is 21.4. The second-order valence-electron chi connectivity index (χ2n) is 17.2. The summed E-state index contributed by atoms with van der Waals surface area (Å²) in [4.78, 5) is 5.51. The lowest BCUT2D eigenvalue weighted by molar-refractivity contribution is 0.117. The van der Waals surface area contributed by atoms with Crippen LogP contribution in [0.15, 0.2) is 23.3 Å². The zero-order chi connectivity index (χ0) is 32.5. The largest absolute Gasteiger partial charge is 0.301 e. The van der Waals surface area contributed by atoms with E-state index >= 15 is 0 Å². The molecule has 0 saturated heterocycles. The van der Waals surface area contributed by atoms with Crippen LogP contribution in [0, 0.1) is 47.3 Å². The van der Waals surface area contributed by atoms with Gasteiger partial charge >= 0.3 is 0 Å². The normalized spacial score (nSPS) is 36.4. The number of rotatable bonds is 12. The summed E-state index contributed by atoms with van der Waals surface area (Å²) in [7, 11) is 0. The average Bonchev–Trinajstić information content (AvgIpc) is 3.09. The number of nitrogens with zero attached hydrogens (tertiary/aromatic N) is 2. The molecule has 0 aromatic rings. The van der Waals surface area contributed by atoms with E-state index in [0.29, 0.717) is 0 Å². The van der Waals surface area contributed by atoms with Crippen molar-refractivity contribution in [1.29, 1.82) is 0 Å². The Morgan fingerprint density at radius 3 is 1.11 bits per heavy atom. The molecule has 0 heterocycles. The molecule has 0 spiro atoms. The van der Waals surface area contributed by atoms with Crippen molar-refractivity contribution in [2.75, 3.05) is 26.2 Å². The van der Waals surface area contributed by atoms with E-state index in [1.807, 2.05) is 11.1 Å². The summed E-state index contributed by atoms with van der Waals surface area (Å²) < 4.78 is 0. The van der Waals surface area contributed by atoms with Crippen LogP contribution in [0.3, 0.4) is 0 Å². The first kappa shape index (κ1) is 36.7. The van der Waals surface area contributed by atoms with Gasteiger partial charge in [0.25, 0.3) is 0 Å². The van der Waals surface area contributed by atoms with Crippen molar-refractivity contribution in [2.24, 2.45) is 47.3 Å². The van der Waals surface area contributed by atoms with Gasteiger partial charge in [-0.15, -0.1) is 0 Å². The van der Waals surface area contributed by atoms with Gasteiger partial charge in [-0.1, -0.05) is 103 Å². The van der Waals surface area contributed by atoms with E-state index in [-0.39, 0.29) is 0 Å². The molecular weight excluding hydrogens is 556 g/mol. The van der Waals surface area contributed by atoms with Gasteiger partial charge in [-0.25, -0.2) is 0 Å². The standard InChI is InChI=1S/C44H78N2/c1-7-45(8-2)39-25-27-41(33(5)29-39)43(37-17-13-11-14-18-37)31-35-21-23-36(24-22-35)32-44(38-19-15-12-16-20-38)42-28-26-40(30-34(42)6)46(9-3)10-4/h31-42H,7-30H2,1-6H3/b43-31-,44-32+. The van der Waals surface area contributed by atoms with Crippen molar-refractivity contribution < 1.29 is 0 Å². The summed E-state index contributed by atoms with van der Waals surface area (Å²) in [6, 6.07) is 1.65. The Labute approximate surface area is 288 Å². The molecule has 5 aliphatic rings. The van der Waals surface area contributed by atoms with E-state index in [0.717, 1.165) is 59.4 Å². The summed E-state index contributed by atoms with van der Waals surface area (Å²) in [5.74, 6) is 6.90. The minimum atomic E-state index is 0.824. The lowest BCUT2D eigenvalue weighted by Gasteiger charge is -2.43. The highest BCUT2D eigenvalue weighted by molar-refractivity contribution is 5.19. The number of allylic oxidation sites excluding steroid dienone is 4. The zero-order valence-electron chi connectivity index (χ0n) is 31.8. The minimum absolute atomic E-state index is 0.824. The molecule has 0 aromatic heterocycles. The highest BCUT2D eigenvalue weighted by atomic mass is 15.1. The van der Waals surface area contributed by atoms with Gasteiger partial charge in [0.15, 0.2) is 0 Å². The molecule has 2 nitrogen and oxygen atoms in total. The molecule has 0 amide bonds. The monoisotopic (exact) mass is 635 g/mol. The Morgan fingerprint density at radius 2 is 0.804 bits per heavy atom. The van der Waals surface area contributed by atoms with Gasteiger partial charge in [0, 0.05) is 12.1 Å². The van der Waals surface area contributed by atoms with Crippen molar-refractivity contribution in [3.05, 3.63) is 23.3 Å². The van der Waals surface area contributed by atoms with Crippen molar-refractivity contribution in [3.63, 3.8) is 0 Å². The summed E-state index contributed by atoms with van der Waals surface area (Å²) >= 11 is 0. The Kier molecular flexibility index (Phi) is 14.7. The first-order valence-corrected chi connectivity index (χ1v) is 21.4. The zero-order valence-corrected chi connectivity index (χ0v) is 31.8. The van der Waals surface area contributed by atoms with E-state index in [1.165, 1.54) is 155 Å². The average molecular weight is 635 g/mol. The van der Waals surface area contributed by atoms with Crippen LogP contribution in [0.25, 0.3) is 0 Å². The second-order valence-corrected chi connectivity index (χ2v) is 17.2. The lowest BCUT2D eigenvalue weighted by atomic mass is 9.66. The molecule has 6 atom stereocenters. The molecule has 0 aromatic carbocycles. The van der Waals surface area contributed by atoms with E-state index < -0.39 is 0 Å². The van der Waals surface area contributed by atoms with Crippen molar-refractivity contribution in [2.45, 2.75) is 182 Å². The van der Waals surface area contributed by atoms with Gasteiger partial charge in [0.05, 0.1) is 0 Å². The maximum Gasteiger partial charge on any atom is 0.00979 e. The summed E-state index contributed by atoms with van der Waals surface area (Å²) in [6.45, 7) is 19.6. The van der Waals surface area contributed by atoms with Crippen LogP contribution in [-0.2, 0) is 0 Å². The summed E-state index contributed by atoms with van der Waals surface area (Å²) in [5.41, 5.74) is 3.93. The van der Waals surface area contributed by atoms with Crippen LogP contribution in [0.1, 0.15) is 170 Å². The Balaban J connectivity index is 1.26. The Hall–Kier alpha value is -0.600. The molecule has 46 heavy (non-hydrogen) atoms. The third kappa shape index (κ3) is 9.34. The van der Waals surface area contributed by atoms with Crippen LogP contribution in [0.4, 0.5) is 0 Å². The van der Waals surface area contributed by atoms with Crippen molar-refractivity contribution >= 4 is 0 Å². The molecule has 5 rings (SSSR count). The van der Waals surface area contributed by atoms with E-state index in [4.69, 9.17) is 0 Å². The van der Waals surface area contributed by atoms with Gasteiger partial charge in [0.2, 0.25) is 0 Å². The minimum Gasteiger partial charge on any atom is -0.301 e. The Morgan fingerprint density at radius 1 is 0.457 bits per heavy atom. The first-order chi connectivity index (χ1) is 22.4. The molecule has 5 aliphatic carbocycles. The predicted molar refractivity (Wildman–Crippen MR) is 201 cm³/mol. The fourth-order valence-electron chi connectivity index (χ4n) is 11.9. The van der Waals surface area contributed by atoms with Gasteiger partial charge in [-0.3, -0.25) is 0 Å². The highest BCUT2D eigenvalue weighted by Gasteiger charge is 2.37. The van der Waals surface area contributed by atoms with Gasteiger partial charge < -0.3 is 9.80 Å². The van der Waals surface area contributed by atoms with E-state index in [2.05, 4.69) is 63.5 Å². The smallest absolute Gasteiger partial charge is 0.00979 e. The van der Waals surface area contributed by atoms with Gasteiger partial charge in [0.1, 0.15) is 0 Å². The summed E-state index contributed by atoms with van der Waals surface area (Å²) in [6.07, 6.45) is 35.1. The third-order valence-electron chi connectivity index (χ3n) is 14.6. The molecule has 5 fully saturated rings. The maximum atomic E-state index is 2.95. The highest BCUT2D eigenvalue weighted by Crippen LogP contribution is 2.47. The van der Waals surface area contributed by atoms with Crippen LogP contribution < -0.4 is 0 Å².